The van der Waals surface area contributed by atoms with E-state index >= 15 is 0 Å². The van der Waals surface area contributed by atoms with Crippen molar-refractivity contribution < 1.29 is 9.18 Å². The molecule has 1 amide bonds. The number of aromatic amines is 1. The summed E-state index contributed by atoms with van der Waals surface area (Å²) < 4.78 is 13.3. The number of hydrogen-bond donors (Lipinski definition) is 2. The van der Waals surface area contributed by atoms with E-state index in [0.717, 1.165) is 22.0 Å². The van der Waals surface area contributed by atoms with Crippen LogP contribution in [0.2, 0.25) is 5.02 Å². The highest BCUT2D eigenvalue weighted by Gasteiger charge is 2.18. The van der Waals surface area contributed by atoms with Gasteiger partial charge in [0.15, 0.2) is 0 Å². The van der Waals surface area contributed by atoms with E-state index in [2.05, 4.69) is 15.5 Å². The third-order valence-electron chi connectivity index (χ3n) is 4.32. The molecule has 28 heavy (non-hydrogen) atoms. The number of halogens is 2. The van der Waals surface area contributed by atoms with Crippen molar-refractivity contribution in [3.05, 3.63) is 94.9 Å². The van der Waals surface area contributed by atoms with Gasteiger partial charge in [-0.25, -0.2) is 9.82 Å². The molecule has 1 aromatic heterocycles. The lowest BCUT2D eigenvalue weighted by Gasteiger charge is -2.04. The fourth-order valence-corrected chi connectivity index (χ4v) is 3.12. The van der Waals surface area contributed by atoms with Gasteiger partial charge in [-0.05, 0) is 41.5 Å². The second-order valence-electron chi connectivity index (χ2n) is 6.18. The Hall–Kier alpha value is -3.44. The van der Waals surface area contributed by atoms with E-state index in [0.29, 0.717) is 16.3 Å². The van der Waals surface area contributed by atoms with E-state index in [1.54, 1.807) is 36.4 Å². The molecule has 138 valence electrons. The van der Waals surface area contributed by atoms with Gasteiger partial charge in [0, 0.05) is 21.5 Å². The highest BCUT2D eigenvalue weighted by atomic mass is 35.5. The van der Waals surface area contributed by atoms with Crippen molar-refractivity contribution in [1.29, 1.82) is 0 Å². The number of fused-ring (bicyclic) bond motifs is 1. The topological polar surface area (TPSA) is 57.2 Å². The Labute approximate surface area is 165 Å². The highest BCUT2D eigenvalue weighted by molar-refractivity contribution is 6.30. The molecule has 0 fully saturated rings. The SMILES string of the molecule is O=C(N/N=C/c1ccc(Cl)cc1)c1[nH]c2ccccc2c1-c1ccc(F)cc1. The predicted molar refractivity (Wildman–Crippen MR) is 110 cm³/mol. The zero-order valence-corrected chi connectivity index (χ0v) is 15.4. The van der Waals surface area contributed by atoms with E-state index in [4.69, 9.17) is 11.6 Å². The summed E-state index contributed by atoms with van der Waals surface area (Å²) in [5.74, 6) is -0.720. The van der Waals surface area contributed by atoms with Gasteiger partial charge in [-0.1, -0.05) is 54.1 Å². The minimum Gasteiger partial charge on any atom is -0.350 e. The van der Waals surface area contributed by atoms with Gasteiger partial charge in [0.05, 0.1) is 6.21 Å². The zero-order valence-electron chi connectivity index (χ0n) is 14.6. The molecule has 0 spiro atoms. The molecule has 0 aliphatic carbocycles. The summed E-state index contributed by atoms with van der Waals surface area (Å²) in [6.45, 7) is 0. The number of carbonyl (C=O) groups is 1. The first-order valence-corrected chi connectivity index (χ1v) is 8.95. The first-order valence-electron chi connectivity index (χ1n) is 8.57. The summed E-state index contributed by atoms with van der Waals surface area (Å²) in [6.07, 6.45) is 1.54. The van der Waals surface area contributed by atoms with Crippen LogP contribution >= 0.6 is 11.6 Å². The van der Waals surface area contributed by atoms with E-state index in [9.17, 15) is 9.18 Å². The van der Waals surface area contributed by atoms with Crippen LogP contribution < -0.4 is 5.43 Å². The molecule has 3 aromatic carbocycles. The molecule has 0 saturated carbocycles. The number of nitrogens with one attached hydrogen (secondary N) is 2. The van der Waals surface area contributed by atoms with Crippen molar-refractivity contribution in [2.75, 3.05) is 0 Å². The molecule has 0 atom stereocenters. The number of hydrazone groups is 1. The predicted octanol–water partition coefficient (Wildman–Crippen LogP) is 5.39. The number of hydrogen-bond acceptors (Lipinski definition) is 2. The summed E-state index contributed by atoms with van der Waals surface area (Å²) in [4.78, 5) is 15.9. The zero-order chi connectivity index (χ0) is 19.5. The van der Waals surface area contributed by atoms with E-state index in [1.807, 2.05) is 24.3 Å². The molecule has 0 unspecified atom stereocenters. The lowest BCUT2D eigenvalue weighted by molar-refractivity contribution is 0.0951. The average molecular weight is 392 g/mol. The summed E-state index contributed by atoms with van der Waals surface area (Å²) in [6, 6.07) is 20.7. The fraction of sp³-hybridized carbons (Fsp3) is 0. The molecular formula is C22H15ClFN3O. The molecule has 4 rings (SSSR count). The molecule has 0 aliphatic heterocycles. The summed E-state index contributed by atoms with van der Waals surface area (Å²) in [5, 5.41) is 5.52. The summed E-state index contributed by atoms with van der Waals surface area (Å²) >= 11 is 5.86. The normalized spacial score (nSPS) is 11.2. The van der Waals surface area contributed by atoms with Crippen LogP contribution in [0.25, 0.3) is 22.0 Å². The Kier molecular flexibility index (Phi) is 4.91. The quantitative estimate of drug-likeness (QED) is 0.355. The number of benzene rings is 3. The van der Waals surface area contributed by atoms with Crippen molar-refractivity contribution in [2.24, 2.45) is 5.10 Å². The summed E-state index contributed by atoms with van der Waals surface area (Å²) in [5.41, 5.74) is 5.96. The van der Waals surface area contributed by atoms with Gasteiger partial charge in [0.1, 0.15) is 11.5 Å². The fourth-order valence-electron chi connectivity index (χ4n) is 3.00. The Bertz CT molecular complexity index is 1160. The first kappa shape index (κ1) is 17.9. The maximum Gasteiger partial charge on any atom is 0.288 e. The molecule has 4 aromatic rings. The molecule has 0 radical (unpaired) electrons. The third kappa shape index (κ3) is 3.66. The first-order chi connectivity index (χ1) is 13.6. The Balaban J connectivity index is 1.67. The summed E-state index contributed by atoms with van der Waals surface area (Å²) in [7, 11) is 0. The van der Waals surface area contributed by atoms with Gasteiger partial charge < -0.3 is 4.98 Å². The second kappa shape index (κ2) is 7.66. The van der Waals surface area contributed by atoms with Crippen LogP contribution in [0.4, 0.5) is 4.39 Å². The number of amides is 1. The molecule has 0 bridgehead atoms. The lowest BCUT2D eigenvalue weighted by Crippen LogP contribution is -2.18. The van der Waals surface area contributed by atoms with Gasteiger partial charge >= 0.3 is 0 Å². The third-order valence-corrected chi connectivity index (χ3v) is 4.57. The van der Waals surface area contributed by atoms with Gasteiger partial charge in [-0.3, -0.25) is 4.79 Å². The average Bonchev–Trinajstić information content (AvgIpc) is 3.10. The van der Waals surface area contributed by atoms with Gasteiger partial charge in [-0.15, -0.1) is 0 Å². The molecule has 0 aliphatic rings. The van der Waals surface area contributed by atoms with Crippen LogP contribution in [0.15, 0.2) is 77.9 Å². The maximum atomic E-state index is 13.3. The van der Waals surface area contributed by atoms with Crippen LogP contribution in [0.5, 0.6) is 0 Å². The maximum absolute atomic E-state index is 13.3. The molecule has 6 heteroatoms. The van der Waals surface area contributed by atoms with Crippen molar-refractivity contribution in [2.45, 2.75) is 0 Å². The molecule has 4 nitrogen and oxygen atoms in total. The smallest absolute Gasteiger partial charge is 0.288 e. The molecule has 2 N–H and O–H groups in total. The van der Waals surface area contributed by atoms with E-state index in [1.165, 1.54) is 18.3 Å². The number of nitrogens with zero attached hydrogens (tertiary/aromatic N) is 1. The van der Waals surface area contributed by atoms with Crippen LogP contribution in [0.3, 0.4) is 0 Å². The minimum atomic E-state index is -0.388. The van der Waals surface area contributed by atoms with Crippen LogP contribution in [-0.4, -0.2) is 17.1 Å². The Morgan fingerprint density at radius 3 is 2.46 bits per heavy atom. The number of aromatic nitrogens is 1. The molecule has 0 saturated heterocycles. The van der Waals surface area contributed by atoms with Gasteiger partial charge in [-0.2, -0.15) is 5.10 Å². The van der Waals surface area contributed by atoms with Gasteiger partial charge in [0.2, 0.25) is 0 Å². The Morgan fingerprint density at radius 2 is 1.71 bits per heavy atom. The van der Waals surface area contributed by atoms with Crippen molar-refractivity contribution in [1.82, 2.24) is 10.4 Å². The number of para-hydroxylation sites is 1. The number of rotatable bonds is 4. The molecular weight excluding hydrogens is 377 g/mol. The van der Waals surface area contributed by atoms with Crippen LogP contribution in [0.1, 0.15) is 16.1 Å². The van der Waals surface area contributed by atoms with Crippen molar-refractivity contribution in [3.8, 4) is 11.1 Å². The second-order valence-corrected chi connectivity index (χ2v) is 6.61. The van der Waals surface area contributed by atoms with E-state index < -0.39 is 0 Å². The number of H-pyrrole nitrogens is 1. The van der Waals surface area contributed by atoms with E-state index in [-0.39, 0.29) is 11.7 Å². The standard InChI is InChI=1S/C22H15ClFN3O/c23-16-9-5-14(6-10-16)13-25-27-22(28)21-20(15-7-11-17(24)12-8-15)18-3-1-2-4-19(18)26-21/h1-13,26H,(H,27,28)/b25-13+. The van der Waals surface area contributed by atoms with Crippen LogP contribution in [-0.2, 0) is 0 Å². The van der Waals surface area contributed by atoms with Gasteiger partial charge in [0.25, 0.3) is 5.91 Å². The highest BCUT2D eigenvalue weighted by Crippen LogP contribution is 2.32. The Morgan fingerprint density at radius 1 is 1.00 bits per heavy atom. The van der Waals surface area contributed by atoms with Crippen LogP contribution in [0, 0.1) is 5.82 Å². The lowest BCUT2D eigenvalue weighted by atomic mass is 10.0. The molecule has 1 heterocycles. The minimum absolute atomic E-state index is 0.331. The monoisotopic (exact) mass is 391 g/mol. The largest absolute Gasteiger partial charge is 0.350 e. The van der Waals surface area contributed by atoms with Crippen molar-refractivity contribution in [3.63, 3.8) is 0 Å². The number of carbonyl (C=O) groups excluding carboxylic acids is 1. The van der Waals surface area contributed by atoms with Crippen molar-refractivity contribution >= 4 is 34.6 Å².